The van der Waals surface area contributed by atoms with E-state index in [2.05, 4.69) is 24.8 Å². The van der Waals surface area contributed by atoms with Crippen LogP contribution in [0.25, 0.3) is 11.4 Å². The Hall–Kier alpha value is -3.29. The Bertz CT molecular complexity index is 1030. The number of imidazole rings is 1. The van der Waals surface area contributed by atoms with Gasteiger partial charge in [0.2, 0.25) is 5.95 Å². The first-order chi connectivity index (χ1) is 13.7. The van der Waals surface area contributed by atoms with Crippen molar-refractivity contribution in [2.24, 2.45) is 0 Å². The molecule has 2 aliphatic heterocycles. The van der Waals surface area contributed by atoms with Crippen LogP contribution in [0, 0.1) is 5.95 Å². The fourth-order valence-corrected chi connectivity index (χ4v) is 3.84. The third kappa shape index (κ3) is 2.81. The van der Waals surface area contributed by atoms with Crippen molar-refractivity contribution in [1.82, 2.24) is 19.9 Å². The lowest BCUT2D eigenvalue weighted by Crippen LogP contribution is -2.37. The molecule has 5 heterocycles. The van der Waals surface area contributed by atoms with E-state index >= 15 is 0 Å². The second-order valence-electron chi connectivity index (χ2n) is 7.03. The number of carbonyl (C=O) groups is 1. The van der Waals surface area contributed by atoms with Crippen molar-refractivity contribution < 1.29 is 9.18 Å². The summed E-state index contributed by atoms with van der Waals surface area (Å²) in [5, 5.41) is 0. The molecule has 7 nitrogen and oxygen atoms in total. The van der Waals surface area contributed by atoms with Gasteiger partial charge in [-0.25, -0.2) is 9.97 Å². The Labute approximate surface area is 161 Å². The number of hydrogen-bond acceptors (Lipinski definition) is 5. The number of amides is 1. The van der Waals surface area contributed by atoms with Crippen LogP contribution in [0.3, 0.4) is 0 Å². The lowest BCUT2D eigenvalue weighted by Gasteiger charge is -2.25. The summed E-state index contributed by atoms with van der Waals surface area (Å²) >= 11 is 0. The minimum Gasteiger partial charge on any atom is -0.357 e. The predicted octanol–water partition coefficient (Wildman–Crippen LogP) is 2.81. The molecule has 3 aromatic heterocycles. The molecule has 1 amide bonds. The van der Waals surface area contributed by atoms with E-state index in [-0.39, 0.29) is 11.5 Å². The lowest BCUT2D eigenvalue weighted by molar-refractivity contribution is 0.0976. The highest BCUT2D eigenvalue weighted by atomic mass is 19.1. The van der Waals surface area contributed by atoms with Crippen LogP contribution in [0.1, 0.15) is 29.0 Å². The maximum Gasteiger partial charge on any atom is 0.278 e. The van der Waals surface area contributed by atoms with Gasteiger partial charge in [-0.3, -0.25) is 9.78 Å². The normalized spacial score (nSPS) is 16.5. The Morgan fingerprint density at radius 3 is 2.54 bits per heavy atom. The number of rotatable bonds is 3. The Kier molecular flexibility index (Phi) is 4.03. The van der Waals surface area contributed by atoms with Gasteiger partial charge < -0.3 is 14.8 Å². The van der Waals surface area contributed by atoms with Crippen molar-refractivity contribution in [3.63, 3.8) is 0 Å². The number of H-pyrrole nitrogens is 1. The van der Waals surface area contributed by atoms with Crippen molar-refractivity contribution in [1.29, 1.82) is 0 Å². The van der Waals surface area contributed by atoms with E-state index in [0.717, 1.165) is 37.3 Å². The summed E-state index contributed by atoms with van der Waals surface area (Å²) in [7, 11) is 0. The molecular formula is C20H19FN6O. The van der Waals surface area contributed by atoms with Crippen LogP contribution in [0.4, 0.5) is 15.9 Å². The van der Waals surface area contributed by atoms with Gasteiger partial charge >= 0.3 is 0 Å². The molecular weight excluding hydrogens is 359 g/mol. The Morgan fingerprint density at radius 1 is 1.00 bits per heavy atom. The summed E-state index contributed by atoms with van der Waals surface area (Å²) in [5.41, 5.74) is 2.12. The molecule has 0 spiro atoms. The minimum atomic E-state index is -0.575. The van der Waals surface area contributed by atoms with Crippen molar-refractivity contribution in [2.75, 3.05) is 29.4 Å². The van der Waals surface area contributed by atoms with E-state index in [4.69, 9.17) is 0 Å². The average Bonchev–Trinajstić information content (AvgIpc) is 3.39. The average molecular weight is 378 g/mol. The summed E-state index contributed by atoms with van der Waals surface area (Å²) in [6.45, 7) is 2.34. The number of pyridine rings is 2. The van der Waals surface area contributed by atoms with E-state index < -0.39 is 5.95 Å². The van der Waals surface area contributed by atoms with Gasteiger partial charge in [-0.2, -0.15) is 4.39 Å². The summed E-state index contributed by atoms with van der Waals surface area (Å²) in [4.78, 5) is 32.3. The third-order valence-corrected chi connectivity index (χ3v) is 5.31. The van der Waals surface area contributed by atoms with E-state index in [9.17, 15) is 9.18 Å². The van der Waals surface area contributed by atoms with Gasteiger partial charge in [0.05, 0.1) is 5.56 Å². The first kappa shape index (κ1) is 16.9. The monoisotopic (exact) mass is 378 g/mol. The number of nitrogens with one attached hydrogen (secondary N) is 1. The highest BCUT2D eigenvalue weighted by Gasteiger charge is 2.30. The summed E-state index contributed by atoms with van der Waals surface area (Å²) in [6, 6.07) is 7.08. The quantitative estimate of drug-likeness (QED) is 0.709. The number of halogens is 1. The van der Waals surface area contributed by atoms with E-state index in [1.54, 1.807) is 35.5 Å². The molecule has 142 valence electrons. The van der Waals surface area contributed by atoms with Crippen molar-refractivity contribution in [2.45, 2.75) is 19.3 Å². The standard InChI is InChI=1S/C20H19FN6O/c21-18-14(3-4-16(24-18)26-10-1-2-11-26)19-23-15-7-12-27(20(28)17(15)25-19)13-5-8-22-9-6-13/h3-6,8-9H,1-2,7,10-12H2,(H,23,25). The summed E-state index contributed by atoms with van der Waals surface area (Å²) in [5.74, 6) is 0.217. The molecule has 5 rings (SSSR count). The SMILES string of the molecule is O=C1c2nc(-c3ccc(N4CCCC4)nc3F)[nH]c2CCN1c1ccncc1. The molecule has 0 radical (unpaired) electrons. The van der Waals surface area contributed by atoms with E-state index in [0.29, 0.717) is 30.3 Å². The van der Waals surface area contributed by atoms with E-state index in [1.807, 2.05) is 6.07 Å². The van der Waals surface area contributed by atoms with Crippen LogP contribution in [-0.2, 0) is 6.42 Å². The number of hydrogen-bond donors (Lipinski definition) is 1. The minimum absolute atomic E-state index is 0.197. The van der Waals surface area contributed by atoms with Crippen LogP contribution >= 0.6 is 0 Å². The topological polar surface area (TPSA) is 78.0 Å². The fraction of sp³-hybridized carbons (Fsp3) is 0.300. The number of nitrogens with zero attached hydrogens (tertiary/aromatic N) is 5. The smallest absolute Gasteiger partial charge is 0.278 e. The Morgan fingerprint density at radius 2 is 1.79 bits per heavy atom. The first-order valence-corrected chi connectivity index (χ1v) is 9.43. The van der Waals surface area contributed by atoms with Crippen LogP contribution in [0.5, 0.6) is 0 Å². The highest BCUT2D eigenvalue weighted by Crippen LogP contribution is 2.28. The molecule has 0 atom stereocenters. The van der Waals surface area contributed by atoms with Gasteiger partial charge in [0.25, 0.3) is 5.91 Å². The maximum absolute atomic E-state index is 14.7. The molecule has 3 aromatic rings. The van der Waals surface area contributed by atoms with Gasteiger partial charge in [0, 0.05) is 49.8 Å². The number of fused-ring (bicyclic) bond motifs is 1. The maximum atomic E-state index is 14.7. The molecule has 0 aromatic carbocycles. The molecule has 28 heavy (non-hydrogen) atoms. The highest BCUT2D eigenvalue weighted by molar-refractivity contribution is 6.07. The molecule has 0 saturated carbocycles. The van der Waals surface area contributed by atoms with Gasteiger partial charge in [-0.1, -0.05) is 0 Å². The zero-order valence-electron chi connectivity index (χ0n) is 15.2. The van der Waals surface area contributed by atoms with Gasteiger partial charge in [0.15, 0.2) is 0 Å². The number of aromatic nitrogens is 4. The third-order valence-electron chi connectivity index (χ3n) is 5.31. The van der Waals surface area contributed by atoms with Crippen LogP contribution in [-0.4, -0.2) is 45.5 Å². The van der Waals surface area contributed by atoms with Crippen LogP contribution in [0.2, 0.25) is 0 Å². The molecule has 1 fully saturated rings. The molecule has 1 N–H and O–H groups in total. The lowest BCUT2D eigenvalue weighted by atomic mass is 10.1. The molecule has 1 saturated heterocycles. The number of carbonyl (C=O) groups excluding carboxylic acids is 1. The van der Waals surface area contributed by atoms with Crippen molar-refractivity contribution in [3.8, 4) is 11.4 Å². The molecule has 2 aliphatic rings. The summed E-state index contributed by atoms with van der Waals surface area (Å²) < 4.78 is 14.7. The van der Waals surface area contributed by atoms with Crippen LogP contribution in [0.15, 0.2) is 36.7 Å². The van der Waals surface area contributed by atoms with Crippen LogP contribution < -0.4 is 9.80 Å². The zero-order chi connectivity index (χ0) is 19.1. The van der Waals surface area contributed by atoms with Gasteiger partial charge in [-0.15, -0.1) is 0 Å². The fourth-order valence-electron chi connectivity index (χ4n) is 3.84. The largest absolute Gasteiger partial charge is 0.357 e. The predicted molar refractivity (Wildman–Crippen MR) is 103 cm³/mol. The number of aromatic amines is 1. The van der Waals surface area contributed by atoms with Crippen molar-refractivity contribution in [3.05, 3.63) is 54.0 Å². The van der Waals surface area contributed by atoms with Crippen molar-refractivity contribution >= 4 is 17.4 Å². The van der Waals surface area contributed by atoms with Gasteiger partial charge in [-0.05, 0) is 37.1 Å². The molecule has 8 heteroatoms. The van der Waals surface area contributed by atoms with E-state index in [1.165, 1.54) is 0 Å². The Balaban J connectivity index is 1.45. The second kappa shape index (κ2) is 6.70. The zero-order valence-corrected chi connectivity index (χ0v) is 15.2. The summed E-state index contributed by atoms with van der Waals surface area (Å²) in [6.07, 6.45) is 6.13. The molecule has 0 bridgehead atoms. The first-order valence-electron chi connectivity index (χ1n) is 9.43. The number of anilines is 2. The molecule has 0 unspecified atom stereocenters. The second-order valence-corrected chi connectivity index (χ2v) is 7.03. The van der Waals surface area contributed by atoms with Gasteiger partial charge in [0.1, 0.15) is 17.3 Å². The molecule has 0 aliphatic carbocycles.